The van der Waals surface area contributed by atoms with Crippen LogP contribution in [-0.2, 0) is 7.05 Å². The number of aliphatic hydroxyl groups excluding tert-OH is 1. The number of hydrogen-bond donors (Lipinski definition) is 2. The van der Waals surface area contributed by atoms with E-state index < -0.39 is 0 Å². The summed E-state index contributed by atoms with van der Waals surface area (Å²) >= 11 is 0. The number of aromatic nitrogens is 1. The van der Waals surface area contributed by atoms with Crippen LogP contribution in [0.25, 0.3) is 0 Å². The Morgan fingerprint density at radius 3 is 2.74 bits per heavy atom. The Hall–Kier alpha value is -1.62. The Kier molecular flexibility index (Phi) is 4.04. The molecule has 1 aliphatic rings. The van der Waals surface area contributed by atoms with Crippen molar-refractivity contribution < 1.29 is 14.7 Å². The third kappa shape index (κ3) is 3.04. The molecule has 1 aromatic heterocycles. The summed E-state index contributed by atoms with van der Waals surface area (Å²) in [6.45, 7) is 1.96. The van der Waals surface area contributed by atoms with E-state index in [-0.39, 0.29) is 23.7 Å². The van der Waals surface area contributed by atoms with E-state index in [4.69, 9.17) is 0 Å². The zero-order chi connectivity index (χ0) is 14.0. The minimum atomic E-state index is -0.304. The maximum atomic E-state index is 12.0. The van der Waals surface area contributed by atoms with Gasteiger partial charge in [-0.3, -0.25) is 9.59 Å². The molecule has 19 heavy (non-hydrogen) atoms. The average molecular weight is 264 g/mol. The summed E-state index contributed by atoms with van der Waals surface area (Å²) in [5.41, 5.74) is 1.01. The van der Waals surface area contributed by atoms with Gasteiger partial charge in [-0.1, -0.05) is 6.42 Å². The molecule has 0 spiro atoms. The van der Waals surface area contributed by atoms with Gasteiger partial charge in [-0.15, -0.1) is 0 Å². The molecule has 104 valence electrons. The second kappa shape index (κ2) is 5.57. The van der Waals surface area contributed by atoms with E-state index in [1.807, 2.05) is 0 Å². The fourth-order valence-electron chi connectivity index (χ4n) is 2.55. The minimum absolute atomic E-state index is 0.0548. The van der Waals surface area contributed by atoms with Crippen molar-refractivity contribution in [3.63, 3.8) is 0 Å². The number of hydrogen-bond acceptors (Lipinski definition) is 3. The van der Waals surface area contributed by atoms with Gasteiger partial charge in [-0.2, -0.15) is 0 Å². The van der Waals surface area contributed by atoms with E-state index in [0.717, 1.165) is 19.3 Å². The number of ketones is 1. The monoisotopic (exact) mass is 264 g/mol. The second-order valence-electron chi connectivity index (χ2n) is 5.25. The van der Waals surface area contributed by atoms with Gasteiger partial charge in [0.2, 0.25) is 0 Å². The lowest BCUT2D eigenvalue weighted by Crippen LogP contribution is -2.33. The van der Waals surface area contributed by atoms with Crippen molar-refractivity contribution in [2.45, 2.75) is 32.3 Å². The molecule has 0 saturated heterocycles. The first kappa shape index (κ1) is 13.8. The van der Waals surface area contributed by atoms with Gasteiger partial charge in [0.05, 0.1) is 6.10 Å². The number of rotatable bonds is 4. The highest BCUT2D eigenvalue weighted by molar-refractivity contribution is 5.99. The topological polar surface area (TPSA) is 71.3 Å². The van der Waals surface area contributed by atoms with Crippen LogP contribution in [0.1, 0.15) is 47.0 Å². The van der Waals surface area contributed by atoms with Crippen molar-refractivity contribution >= 4 is 11.7 Å². The molecule has 2 rings (SSSR count). The fraction of sp³-hybridized carbons (Fsp3) is 0.571. The quantitative estimate of drug-likeness (QED) is 0.800. The molecule has 1 saturated carbocycles. The molecule has 1 fully saturated rings. The van der Waals surface area contributed by atoms with Crippen LogP contribution in [0.5, 0.6) is 0 Å². The molecule has 0 radical (unpaired) electrons. The third-order valence-corrected chi connectivity index (χ3v) is 3.79. The number of aryl methyl sites for hydroxylation is 1. The molecule has 1 amide bonds. The van der Waals surface area contributed by atoms with Crippen molar-refractivity contribution in [1.82, 2.24) is 9.88 Å². The first-order valence-electron chi connectivity index (χ1n) is 6.62. The van der Waals surface area contributed by atoms with Crippen LogP contribution in [-0.4, -0.2) is 34.0 Å². The molecule has 1 heterocycles. The van der Waals surface area contributed by atoms with E-state index in [2.05, 4.69) is 5.32 Å². The van der Waals surface area contributed by atoms with E-state index in [1.54, 1.807) is 23.9 Å². The van der Waals surface area contributed by atoms with Crippen LogP contribution in [0.2, 0.25) is 0 Å². The lowest BCUT2D eigenvalue weighted by molar-refractivity contribution is 0.0908. The van der Waals surface area contributed by atoms with Crippen LogP contribution in [0, 0.1) is 5.92 Å². The predicted molar refractivity (Wildman–Crippen MR) is 71.1 cm³/mol. The molecule has 2 atom stereocenters. The largest absolute Gasteiger partial charge is 0.393 e. The lowest BCUT2D eigenvalue weighted by Gasteiger charge is -2.15. The molecule has 0 bridgehead atoms. The average Bonchev–Trinajstić information content (AvgIpc) is 2.93. The van der Waals surface area contributed by atoms with E-state index >= 15 is 0 Å². The van der Waals surface area contributed by atoms with Gasteiger partial charge in [-0.25, -0.2) is 0 Å². The Balaban J connectivity index is 1.98. The van der Waals surface area contributed by atoms with Crippen LogP contribution in [0.15, 0.2) is 12.3 Å². The summed E-state index contributed by atoms with van der Waals surface area (Å²) in [4.78, 5) is 23.3. The van der Waals surface area contributed by atoms with Crippen LogP contribution in [0.3, 0.4) is 0 Å². The molecule has 5 heteroatoms. The molecular formula is C14H20N2O3. The van der Waals surface area contributed by atoms with Crippen molar-refractivity contribution in [2.75, 3.05) is 6.54 Å². The fourth-order valence-corrected chi connectivity index (χ4v) is 2.55. The van der Waals surface area contributed by atoms with Crippen molar-refractivity contribution in [2.24, 2.45) is 13.0 Å². The standard InChI is InChI=1S/C14H20N2O3/c1-9(17)11-6-12(16(2)8-11)14(19)15-7-10-4-3-5-13(10)18/h6,8,10,13,18H,3-5,7H2,1-2H3,(H,15,19). The Labute approximate surface area is 112 Å². The Morgan fingerprint density at radius 1 is 1.47 bits per heavy atom. The lowest BCUT2D eigenvalue weighted by atomic mass is 10.1. The second-order valence-corrected chi connectivity index (χ2v) is 5.25. The van der Waals surface area contributed by atoms with Crippen LogP contribution in [0.4, 0.5) is 0 Å². The highest BCUT2D eigenvalue weighted by Crippen LogP contribution is 2.24. The molecular weight excluding hydrogens is 244 g/mol. The van der Waals surface area contributed by atoms with Gasteiger partial charge < -0.3 is 15.0 Å². The molecule has 2 N–H and O–H groups in total. The maximum absolute atomic E-state index is 12.0. The number of carbonyl (C=O) groups excluding carboxylic acids is 2. The number of carbonyl (C=O) groups is 2. The first-order valence-corrected chi connectivity index (χ1v) is 6.62. The van der Waals surface area contributed by atoms with Gasteiger partial charge in [0.1, 0.15) is 5.69 Å². The molecule has 1 aromatic rings. The SMILES string of the molecule is CC(=O)c1cc(C(=O)NCC2CCCC2O)n(C)c1. The summed E-state index contributed by atoms with van der Waals surface area (Å²) in [5.74, 6) is -0.105. The van der Waals surface area contributed by atoms with Crippen LogP contribution < -0.4 is 5.32 Å². The first-order chi connectivity index (χ1) is 8.99. The number of nitrogens with one attached hydrogen (secondary N) is 1. The van der Waals surface area contributed by atoms with Crippen molar-refractivity contribution in [3.8, 4) is 0 Å². The van der Waals surface area contributed by atoms with Crippen molar-refractivity contribution in [3.05, 3.63) is 23.5 Å². The summed E-state index contributed by atoms with van der Waals surface area (Å²) in [7, 11) is 1.74. The summed E-state index contributed by atoms with van der Waals surface area (Å²) < 4.78 is 1.65. The minimum Gasteiger partial charge on any atom is -0.393 e. The zero-order valence-corrected chi connectivity index (χ0v) is 11.3. The predicted octanol–water partition coefficient (Wildman–Crippen LogP) is 1.12. The van der Waals surface area contributed by atoms with Gasteiger partial charge in [0, 0.05) is 31.3 Å². The number of nitrogens with zero attached hydrogens (tertiary/aromatic N) is 1. The summed E-state index contributed by atoms with van der Waals surface area (Å²) in [5, 5.41) is 12.5. The molecule has 2 unspecified atom stereocenters. The molecule has 0 aromatic carbocycles. The van der Waals surface area contributed by atoms with Gasteiger partial charge in [0.25, 0.3) is 5.91 Å². The van der Waals surface area contributed by atoms with E-state index in [1.165, 1.54) is 6.92 Å². The number of Topliss-reactive ketones (excluding diaryl/α,β-unsaturated/α-hetero) is 1. The third-order valence-electron chi connectivity index (χ3n) is 3.79. The van der Waals surface area contributed by atoms with Crippen LogP contribution >= 0.6 is 0 Å². The number of aliphatic hydroxyl groups is 1. The smallest absolute Gasteiger partial charge is 0.267 e. The van der Waals surface area contributed by atoms with Gasteiger partial charge in [-0.05, 0) is 25.8 Å². The van der Waals surface area contributed by atoms with Crippen molar-refractivity contribution in [1.29, 1.82) is 0 Å². The van der Waals surface area contributed by atoms with Gasteiger partial charge >= 0.3 is 0 Å². The van der Waals surface area contributed by atoms with E-state index in [0.29, 0.717) is 17.8 Å². The number of amides is 1. The van der Waals surface area contributed by atoms with Gasteiger partial charge in [0.15, 0.2) is 5.78 Å². The van der Waals surface area contributed by atoms with E-state index in [9.17, 15) is 14.7 Å². The summed E-state index contributed by atoms with van der Waals surface area (Å²) in [6.07, 6.45) is 4.13. The highest BCUT2D eigenvalue weighted by atomic mass is 16.3. The Bertz CT molecular complexity index is 493. The summed E-state index contributed by atoms with van der Waals surface area (Å²) in [6, 6.07) is 1.60. The Morgan fingerprint density at radius 2 is 2.21 bits per heavy atom. The molecule has 0 aliphatic heterocycles. The normalized spacial score (nSPS) is 22.5. The molecule has 1 aliphatic carbocycles. The molecule has 5 nitrogen and oxygen atoms in total. The highest BCUT2D eigenvalue weighted by Gasteiger charge is 2.25. The zero-order valence-electron chi connectivity index (χ0n) is 11.3. The maximum Gasteiger partial charge on any atom is 0.267 e.